The van der Waals surface area contributed by atoms with Crippen LogP contribution in [0.3, 0.4) is 0 Å². The summed E-state index contributed by atoms with van der Waals surface area (Å²) in [7, 11) is 0. The number of rotatable bonds is 6. The van der Waals surface area contributed by atoms with Crippen molar-refractivity contribution >= 4 is 22.7 Å². The lowest BCUT2D eigenvalue weighted by Gasteiger charge is -2.11. The Balaban J connectivity index is 1.51. The molecule has 0 radical (unpaired) electrons. The summed E-state index contributed by atoms with van der Waals surface area (Å²) in [4.78, 5) is 16.1. The van der Waals surface area contributed by atoms with Crippen LogP contribution in [0.1, 0.15) is 11.1 Å². The first kappa shape index (κ1) is 20.0. The topological polar surface area (TPSA) is 94.0 Å². The molecule has 0 aliphatic carbocycles. The van der Waals surface area contributed by atoms with Gasteiger partial charge in [-0.15, -0.1) is 10.2 Å². The van der Waals surface area contributed by atoms with E-state index in [4.69, 9.17) is 4.42 Å². The molecule has 3 aromatic heterocycles. The Morgan fingerprint density at radius 1 is 0.969 bits per heavy atom. The molecule has 0 spiro atoms. The van der Waals surface area contributed by atoms with E-state index in [1.165, 1.54) is 23.9 Å². The van der Waals surface area contributed by atoms with Gasteiger partial charge in [-0.25, -0.2) is 4.79 Å². The highest BCUT2D eigenvalue weighted by molar-refractivity contribution is 7.98. The third-order valence-electron chi connectivity index (χ3n) is 5.01. The summed E-state index contributed by atoms with van der Waals surface area (Å²) in [6.07, 6.45) is 3.46. The van der Waals surface area contributed by atoms with Gasteiger partial charge in [0, 0.05) is 41.2 Å². The summed E-state index contributed by atoms with van der Waals surface area (Å²) in [5.74, 6) is 1.30. The van der Waals surface area contributed by atoms with E-state index < -0.39 is 5.63 Å². The molecule has 0 aliphatic heterocycles. The molecule has 0 amide bonds. The smallest absolute Gasteiger partial charge is 0.336 e. The lowest BCUT2D eigenvalue weighted by Crippen LogP contribution is -2.05. The third-order valence-corrected chi connectivity index (χ3v) is 6.03. The van der Waals surface area contributed by atoms with Gasteiger partial charge in [-0.05, 0) is 35.4 Å². The fourth-order valence-electron chi connectivity index (χ4n) is 3.50. The summed E-state index contributed by atoms with van der Waals surface area (Å²) in [6.45, 7) is 0.610. The van der Waals surface area contributed by atoms with Crippen molar-refractivity contribution in [2.24, 2.45) is 0 Å². The average Bonchev–Trinajstić information content (AvgIpc) is 3.20. The van der Waals surface area contributed by atoms with E-state index >= 15 is 0 Å². The maximum Gasteiger partial charge on any atom is 0.336 e. The quantitative estimate of drug-likeness (QED) is 0.306. The molecule has 7 nitrogen and oxygen atoms in total. The van der Waals surface area contributed by atoms with Crippen LogP contribution in [0.15, 0.2) is 93.5 Å². The van der Waals surface area contributed by atoms with E-state index in [1.807, 2.05) is 30.3 Å². The van der Waals surface area contributed by atoms with Crippen LogP contribution in [0.2, 0.25) is 0 Å². The first-order valence-electron chi connectivity index (χ1n) is 9.93. The predicted octanol–water partition coefficient (Wildman–Crippen LogP) is 4.49. The van der Waals surface area contributed by atoms with Crippen molar-refractivity contribution in [2.75, 3.05) is 0 Å². The molecular formula is C24H18N4O3S. The Morgan fingerprint density at radius 3 is 2.59 bits per heavy atom. The highest BCUT2D eigenvalue weighted by atomic mass is 32.2. The summed E-state index contributed by atoms with van der Waals surface area (Å²) in [5.41, 5.74) is 2.77. The molecule has 158 valence electrons. The van der Waals surface area contributed by atoms with Crippen LogP contribution in [-0.2, 0) is 12.3 Å². The van der Waals surface area contributed by atoms with Gasteiger partial charge in [0.05, 0.1) is 6.54 Å². The minimum atomic E-state index is -0.457. The van der Waals surface area contributed by atoms with Crippen LogP contribution in [0.4, 0.5) is 0 Å². The van der Waals surface area contributed by atoms with Crippen molar-refractivity contribution in [1.82, 2.24) is 19.7 Å². The SMILES string of the molecule is O=c1cc(CSc2nnc(-c3ccncc3)n2Cc2ccccc2)c2ccc(O)cc2o1. The molecule has 0 aliphatic rings. The van der Waals surface area contributed by atoms with E-state index in [1.54, 1.807) is 24.5 Å². The molecule has 8 heteroatoms. The minimum Gasteiger partial charge on any atom is -0.508 e. The second kappa shape index (κ2) is 8.68. The van der Waals surface area contributed by atoms with Gasteiger partial charge < -0.3 is 9.52 Å². The molecule has 5 rings (SSSR count). The number of hydrogen-bond acceptors (Lipinski definition) is 7. The molecule has 32 heavy (non-hydrogen) atoms. The molecule has 5 aromatic rings. The Hall–Kier alpha value is -3.91. The zero-order chi connectivity index (χ0) is 21.9. The molecule has 0 atom stereocenters. The second-order valence-electron chi connectivity index (χ2n) is 7.17. The van der Waals surface area contributed by atoms with Crippen LogP contribution in [0, 0.1) is 0 Å². The Bertz CT molecular complexity index is 1430. The minimum absolute atomic E-state index is 0.0510. The monoisotopic (exact) mass is 442 g/mol. The van der Waals surface area contributed by atoms with Crippen molar-refractivity contribution in [1.29, 1.82) is 0 Å². The van der Waals surface area contributed by atoms with E-state index in [0.29, 0.717) is 17.9 Å². The van der Waals surface area contributed by atoms with Crippen molar-refractivity contribution in [3.8, 4) is 17.1 Å². The van der Waals surface area contributed by atoms with Crippen LogP contribution < -0.4 is 5.63 Å². The fraction of sp³-hybridized carbons (Fsp3) is 0.0833. The number of benzene rings is 2. The molecule has 0 fully saturated rings. The van der Waals surface area contributed by atoms with Crippen LogP contribution in [-0.4, -0.2) is 24.9 Å². The lowest BCUT2D eigenvalue weighted by atomic mass is 10.1. The van der Waals surface area contributed by atoms with Crippen LogP contribution in [0.5, 0.6) is 5.75 Å². The van der Waals surface area contributed by atoms with Gasteiger partial charge in [0.1, 0.15) is 11.3 Å². The van der Waals surface area contributed by atoms with Gasteiger partial charge in [-0.1, -0.05) is 42.1 Å². The predicted molar refractivity (Wildman–Crippen MR) is 123 cm³/mol. The maximum absolute atomic E-state index is 12.0. The molecule has 0 unspecified atom stereocenters. The normalized spacial score (nSPS) is 11.1. The first-order valence-corrected chi connectivity index (χ1v) is 10.9. The highest BCUT2D eigenvalue weighted by Gasteiger charge is 2.16. The number of phenolic OH excluding ortho intramolecular Hbond substituents is 1. The van der Waals surface area contributed by atoms with Crippen molar-refractivity contribution in [3.63, 3.8) is 0 Å². The zero-order valence-corrected chi connectivity index (χ0v) is 17.7. The summed E-state index contributed by atoms with van der Waals surface area (Å²) >= 11 is 1.49. The first-order chi connectivity index (χ1) is 15.7. The second-order valence-corrected chi connectivity index (χ2v) is 8.12. The van der Waals surface area contributed by atoms with Crippen LogP contribution >= 0.6 is 11.8 Å². The molecular weight excluding hydrogens is 424 g/mol. The number of hydrogen-bond donors (Lipinski definition) is 1. The average molecular weight is 443 g/mol. The van der Waals surface area contributed by atoms with Gasteiger partial charge in [0.25, 0.3) is 0 Å². The highest BCUT2D eigenvalue weighted by Crippen LogP contribution is 2.30. The molecule has 0 saturated heterocycles. The largest absolute Gasteiger partial charge is 0.508 e. The summed E-state index contributed by atoms with van der Waals surface area (Å²) in [5, 5.41) is 20.1. The van der Waals surface area contributed by atoms with E-state index in [9.17, 15) is 9.90 Å². The Labute approximate surface area is 187 Å². The number of aromatic nitrogens is 4. The number of phenols is 1. The molecule has 1 N–H and O–H groups in total. The zero-order valence-electron chi connectivity index (χ0n) is 16.9. The van der Waals surface area contributed by atoms with Crippen molar-refractivity contribution < 1.29 is 9.52 Å². The van der Waals surface area contributed by atoms with Gasteiger partial charge in [-0.2, -0.15) is 0 Å². The number of fused-ring (bicyclic) bond motifs is 1. The number of aromatic hydroxyl groups is 1. The van der Waals surface area contributed by atoms with Crippen LogP contribution in [0.25, 0.3) is 22.4 Å². The molecule has 0 saturated carbocycles. The molecule has 0 bridgehead atoms. The standard InChI is InChI=1S/C24H18N4O3S/c29-19-6-7-20-18(12-22(30)31-21(20)13-19)15-32-24-27-26-23(17-8-10-25-11-9-17)28(24)14-16-4-2-1-3-5-16/h1-13,29H,14-15H2. The van der Waals surface area contributed by atoms with E-state index in [2.05, 4.69) is 31.9 Å². The van der Waals surface area contributed by atoms with Crippen molar-refractivity contribution in [2.45, 2.75) is 17.5 Å². The maximum atomic E-state index is 12.0. The number of pyridine rings is 1. The number of nitrogens with zero attached hydrogens (tertiary/aromatic N) is 4. The summed E-state index contributed by atoms with van der Waals surface area (Å²) < 4.78 is 7.30. The lowest BCUT2D eigenvalue weighted by molar-refractivity contribution is 0.473. The Kier molecular flexibility index (Phi) is 5.43. The van der Waals surface area contributed by atoms with E-state index in [0.717, 1.165) is 33.1 Å². The Morgan fingerprint density at radius 2 is 1.78 bits per heavy atom. The third kappa shape index (κ3) is 4.13. The van der Waals surface area contributed by atoms with Gasteiger partial charge in [-0.3, -0.25) is 9.55 Å². The van der Waals surface area contributed by atoms with Gasteiger partial charge >= 0.3 is 5.63 Å². The summed E-state index contributed by atoms with van der Waals surface area (Å²) in [6, 6.07) is 20.2. The van der Waals surface area contributed by atoms with E-state index in [-0.39, 0.29) is 5.75 Å². The van der Waals surface area contributed by atoms with Gasteiger partial charge in [0.15, 0.2) is 11.0 Å². The van der Waals surface area contributed by atoms with Crippen molar-refractivity contribution in [3.05, 3.63) is 101 Å². The fourth-order valence-corrected chi connectivity index (χ4v) is 4.43. The molecule has 3 heterocycles. The van der Waals surface area contributed by atoms with Gasteiger partial charge in [0.2, 0.25) is 0 Å². The number of thioether (sulfide) groups is 1. The molecule has 2 aromatic carbocycles.